The van der Waals surface area contributed by atoms with Gasteiger partial charge < -0.3 is 19.1 Å². The topological polar surface area (TPSA) is 91.6 Å². The highest BCUT2D eigenvalue weighted by Crippen LogP contribution is 2.39. The van der Waals surface area contributed by atoms with Gasteiger partial charge in [-0.05, 0) is 72.7 Å². The second-order valence-corrected chi connectivity index (χ2v) is 7.31. The minimum Gasteiger partial charge on any atom is -0.497 e. The van der Waals surface area contributed by atoms with Gasteiger partial charge in [0.1, 0.15) is 23.6 Å². The van der Waals surface area contributed by atoms with Gasteiger partial charge in [0.15, 0.2) is 6.10 Å². The van der Waals surface area contributed by atoms with E-state index in [-0.39, 0.29) is 11.9 Å². The third-order valence-electron chi connectivity index (χ3n) is 5.44. The van der Waals surface area contributed by atoms with Crippen LogP contribution in [0, 0.1) is 0 Å². The maximum Gasteiger partial charge on any atom is 0.263 e. The van der Waals surface area contributed by atoms with Crippen LogP contribution >= 0.6 is 0 Å². The Labute approximate surface area is 180 Å². The molecule has 3 aromatic rings. The van der Waals surface area contributed by atoms with Crippen LogP contribution < -0.4 is 14.2 Å². The molecule has 1 aromatic heterocycles. The number of benzene rings is 2. The smallest absolute Gasteiger partial charge is 0.263 e. The predicted molar refractivity (Wildman–Crippen MR) is 112 cm³/mol. The van der Waals surface area contributed by atoms with Crippen LogP contribution in [-0.4, -0.2) is 57.9 Å². The normalized spacial score (nSPS) is 16.7. The summed E-state index contributed by atoms with van der Waals surface area (Å²) in [6.45, 7) is 2.45. The minimum atomic E-state index is -0.629. The lowest BCUT2D eigenvalue weighted by molar-refractivity contribution is -0.138. The minimum absolute atomic E-state index is 0.0584. The first-order valence-electron chi connectivity index (χ1n) is 10.1. The van der Waals surface area contributed by atoms with Crippen molar-refractivity contribution in [1.82, 2.24) is 25.1 Å². The van der Waals surface area contributed by atoms with Gasteiger partial charge in [0.2, 0.25) is 0 Å². The van der Waals surface area contributed by atoms with Crippen LogP contribution in [0.25, 0.3) is 5.69 Å². The van der Waals surface area contributed by atoms with Gasteiger partial charge in [-0.15, -0.1) is 5.10 Å². The van der Waals surface area contributed by atoms with Gasteiger partial charge in [-0.25, -0.2) is 4.68 Å². The van der Waals surface area contributed by atoms with E-state index in [9.17, 15) is 4.79 Å². The molecule has 1 aliphatic heterocycles. The molecule has 2 heterocycles. The Balaban J connectivity index is 1.48. The third kappa shape index (κ3) is 4.30. The monoisotopic (exact) mass is 423 g/mol. The Kier molecular flexibility index (Phi) is 6.01. The number of hydrogen-bond acceptors (Lipinski definition) is 7. The van der Waals surface area contributed by atoms with Crippen LogP contribution in [0.2, 0.25) is 0 Å². The molecule has 2 atom stereocenters. The molecule has 0 radical (unpaired) electrons. The maximum absolute atomic E-state index is 13.2. The summed E-state index contributed by atoms with van der Waals surface area (Å²) in [7, 11) is 3.26. The predicted octanol–water partition coefficient (Wildman–Crippen LogP) is 2.81. The fourth-order valence-electron chi connectivity index (χ4n) is 3.90. The van der Waals surface area contributed by atoms with E-state index in [2.05, 4.69) is 15.5 Å². The van der Waals surface area contributed by atoms with Crippen molar-refractivity contribution >= 4 is 5.91 Å². The number of tetrazole rings is 1. The quantitative estimate of drug-likeness (QED) is 0.577. The SMILES string of the molecule is COc1ccc(OC)c(C2CCCN2C(=O)C(C)Oc2ccc(-n3cnnn3)cc2)c1. The van der Waals surface area contributed by atoms with E-state index in [1.165, 1.54) is 6.33 Å². The first-order chi connectivity index (χ1) is 15.1. The van der Waals surface area contributed by atoms with Gasteiger partial charge >= 0.3 is 0 Å². The molecule has 1 amide bonds. The van der Waals surface area contributed by atoms with Crippen molar-refractivity contribution in [3.8, 4) is 22.9 Å². The highest BCUT2D eigenvalue weighted by Gasteiger charge is 2.35. The van der Waals surface area contributed by atoms with Crippen molar-refractivity contribution in [1.29, 1.82) is 0 Å². The first-order valence-corrected chi connectivity index (χ1v) is 10.1. The van der Waals surface area contributed by atoms with Crippen LogP contribution in [0.4, 0.5) is 0 Å². The number of ether oxygens (including phenoxy) is 3. The zero-order valence-corrected chi connectivity index (χ0v) is 17.8. The average Bonchev–Trinajstić information content (AvgIpc) is 3.51. The Morgan fingerprint density at radius 2 is 1.87 bits per heavy atom. The lowest BCUT2D eigenvalue weighted by atomic mass is 10.0. The van der Waals surface area contributed by atoms with Crippen molar-refractivity contribution < 1.29 is 19.0 Å². The second-order valence-electron chi connectivity index (χ2n) is 7.31. The van der Waals surface area contributed by atoms with Crippen molar-refractivity contribution in [2.75, 3.05) is 20.8 Å². The molecular weight excluding hydrogens is 398 g/mol. The highest BCUT2D eigenvalue weighted by molar-refractivity contribution is 5.81. The summed E-state index contributed by atoms with van der Waals surface area (Å²) in [5.74, 6) is 2.03. The fraction of sp³-hybridized carbons (Fsp3) is 0.364. The molecule has 0 N–H and O–H groups in total. The molecule has 162 valence electrons. The summed E-state index contributed by atoms with van der Waals surface area (Å²) in [4.78, 5) is 15.1. The molecule has 9 nitrogen and oxygen atoms in total. The first kappa shape index (κ1) is 20.6. The van der Waals surface area contributed by atoms with Crippen molar-refractivity contribution in [3.63, 3.8) is 0 Å². The molecule has 2 aromatic carbocycles. The summed E-state index contributed by atoms with van der Waals surface area (Å²) in [5, 5.41) is 11.1. The second kappa shape index (κ2) is 9.03. The molecule has 1 aliphatic rings. The lowest BCUT2D eigenvalue weighted by Gasteiger charge is -2.29. The van der Waals surface area contributed by atoms with E-state index in [1.807, 2.05) is 35.2 Å². The molecule has 1 saturated heterocycles. The summed E-state index contributed by atoms with van der Waals surface area (Å²) in [5.41, 5.74) is 1.76. The van der Waals surface area contributed by atoms with Crippen molar-refractivity contribution in [3.05, 3.63) is 54.4 Å². The zero-order chi connectivity index (χ0) is 21.8. The van der Waals surface area contributed by atoms with Gasteiger partial charge in [-0.3, -0.25) is 4.79 Å². The zero-order valence-electron chi connectivity index (χ0n) is 17.8. The van der Waals surface area contributed by atoms with Crippen LogP contribution in [0.3, 0.4) is 0 Å². The number of hydrogen-bond donors (Lipinski definition) is 0. The summed E-state index contributed by atoms with van der Waals surface area (Å²) < 4.78 is 18.4. The van der Waals surface area contributed by atoms with E-state index in [4.69, 9.17) is 14.2 Å². The van der Waals surface area contributed by atoms with Crippen LogP contribution in [0.1, 0.15) is 31.4 Å². The number of carbonyl (C=O) groups excluding carboxylic acids is 1. The van der Waals surface area contributed by atoms with Gasteiger partial charge in [-0.1, -0.05) is 0 Å². The van der Waals surface area contributed by atoms with Gasteiger partial charge in [0.05, 0.1) is 25.9 Å². The molecular formula is C22H25N5O4. The fourth-order valence-corrected chi connectivity index (χ4v) is 3.90. The summed E-state index contributed by atoms with van der Waals surface area (Å²) in [6, 6.07) is 12.9. The standard InChI is InChI=1S/C22H25N5O4/c1-15(31-17-8-6-16(7-9-17)27-14-23-24-25-27)22(28)26-12-4-5-20(26)19-13-18(29-2)10-11-21(19)30-3/h6-11,13-15,20H,4-5,12H2,1-3H3. The van der Waals surface area contributed by atoms with E-state index in [0.717, 1.165) is 35.6 Å². The number of aromatic nitrogens is 4. The van der Waals surface area contributed by atoms with Crippen LogP contribution in [-0.2, 0) is 4.79 Å². The summed E-state index contributed by atoms with van der Waals surface area (Å²) >= 11 is 0. The Morgan fingerprint density at radius 1 is 1.10 bits per heavy atom. The average molecular weight is 423 g/mol. The van der Waals surface area contributed by atoms with Crippen molar-refractivity contribution in [2.45, 2.75) is 31.9 Å². The van der Waals surface area contributed by atoms with Gasteiger partial charge in [-0.2, -0.15) is 0 Å². The molecule has 0 saturated carbocycles. The molecule has 0 aliphatic carbocycles. The number of methoxy groups -OCH3 is 2. The lowest BCUT2D eigenvalue weighted by Crippen LogP contribution is -2.40. The van der Waals surface area contributed by atoms with Gasteiger partial charge in [0.25, 0.3) is 5.91 Å². The Bertz CT molecular complexity index is 1020. The van der Waals surface area contributed by atoms with E-state index in [1.54, 1.807) is 38.0 Å². The van der Waals surface area contributed by atoms with Crippen LogP contribution in [0.15, 0.2) is 48.8 Å². The van der Waals surface area contributed by atoms with Crippen molar-refractivity contribution in [2.24, 2.45) is 0 Å². The van der Waals surface area contributed by atoms with E-state index >= 15 is 0 Å². The molecule has 0 bridgehead atoms. The number of carbonyl (C=O) groups is 1. The molecule has 9 heteroatoms. The summed E-state index contributed by atoms with van der Waals surface area (Å²) in [6.07, 6.45) is 2.67. The number of nitrogens with zero attached hydrogens (tertiary/aromatic N) is 5. The molecule has 31 heavy (non-hydrogen) atoms. The number of rotatable bonds is 7. The third-order valence-corrected chi connectivity index (χ3v) is 5.44. The number of likely N-dealkylation sites (tertiary alicyclic amines) is 1. The van der Waals surface area contributed by atoms with E-state index < -0.39 is 6.10 Å². The highest BCUT2D eigenvalue weighted by atomic mass is 16.5. The Hall–Kier alpha value is -3.62. The maximum atomic E-state index is 13.2. The Morgan fingerprint density at radius 3 is 2.55 bits per heavy atom. The molecule has 4 rings (SSSR count). The number of amides is 1. The molecule has 1 fully saturated rings. The van der Waals surface area contributed by atoms with E-state index in [0.29, 0.717) is 12.3 Å². The largest absolute Gasteiger partial charge is 0.497 e. The van der Waals surface area contributed by atoms with Crippen LogP contribution in [0.5, 0.6) is 17.2 Å². The molecule has 0 spiro atoms. The molecule has 2 unspecified atom stereocenters. The van der Waals surface area contributed by atoms with Gasteiger partial charge in [0, 0.05) is 12.1 Å².